The molecule has 0 aliphatic heterocycles. The number of fused-ring (bicyclic) bond motifs is 1. The Bertz CT molecular complexity index is 976. The van der Waals surface area contributed by atoms with Crippen molar-refractivity contribution in [3.8, 4) is 0 Å². The number of benzene rings is 1. The second-order valence-corrected chi connectivity index (χ2v) is 6.38. The number of esters is 1. The van der Waals surface area contributed by atoms with Gasteiger partial charge in [0.1, 0.15) is 11.4 Å². The van der Waals surface area contributed by atoms with Crippen molar-refractivity contribution in [1.82, 2.24) is 14.8 Å². The maximum absolute atomic E-state index is 14.2. The molecule has 0 unspecified atom stereocenters. The molecule has 1 aliphatic carbocycles. The van der Waals surface area contributed by atoms with Crippen LogP contribution in [-0.4, -0.2) is 27.8 Å². The summed E-state index contributed by atoms with van der Waals surface area (Å²) in [7, 11) is 1.24. The van der Waals surface area contributed by atoms with E-state index in [4.69, 9.17) is 9.72 Å². The fourth-order valence-corrected chi connectivity index (χ4v) is 3.20. The molecule has 25 heavy (non-hydrogen) atoms. The number of rotatable bonds is 4. The van der Waals surface area contributed by atoms with Gasteiger partial charge in [0.05, 0.1) is 30.6 Å². The Balaban J connectivity index is 1.78. The van der Waals surface area contributed by atoms with E-state index in [0.717, 1.165) is 11.4 Å². The number of aromatic nitrogens is 3. The smallest absolute Gasteiger partial charge is 0.341 e. The van der Waals surface area contributed by atoms with E-state index in [0.29, 0.717) is 29.1 Å². The molecule has 6 heteroatoms. The third-order valence-corrected chi connectivity index (χ3v) is 4.57. The third-order valence-electron chi connectivity index (χ3n) is 4.57. The van der Waals surface area contributed by atoms with Crippen LogP contribution in [-0.2, 0) is 11.3 Å². The van der Waals surface area contributed by atoms with Crippen LogP contribution in [0.4, 0.5) is 4.39 Å². The molecule has 0 N–H and O–H groups in total. The standard InChI is InChI=1S/C19H18FN3O2/c1-11-17-16(9-8-14(20)18(17)19(24)25-2)23(22-11)10-13-4-3-5-15(21-13)12-6-7-12/h3-5,8-9,12H,6-7,10H2,1-2H3. The zero-order chi connectivity index (χ0) is 17.6. The van der Waals surface area contributed by atoms with Crippen LogP contribution in [0, 0.1) is 12.7 Å². The zero-order valence-electron chi connectivity index (χ0n) is 14.1. The number of carbonyl (C=O) groups is 1. The van der Waals surface area contributed by atoms with Crippen molar-refractivity contribution in [2.24, 2.45) is 0 Å². The van der Waals surface area contributed by atoms with E-state index in [-0.39, 0.29) is 5.56 Å². The Morgan fingerprint density at radius 1 is 1.32 bits per heavy atom. The van der Waals surface area contributed by atoms with E-state index in [1.165, 1.54) is 26.0 Å². The first-order valence-electron chi connectivity index (χ1n) is 8.28. The molecule has 0 spiro atoms. The van der Waals surface area contributed by atoms with Gasteiger partial charge in [-0.3, -0.25) is 9.67 Å². The van der Waals surface area contributed by atoms with Gasteiger partial charge in [-0.05, 0) is 44.0 Å². The molecule has 0 radical (unpaired) electrons. The first kappa shape index (κ1) is 15.7. The normalized spacial score (nSPS) is 14.0. The van der Waals surface area contributed by atoms with Crippen LogP contribution in [0.15, 0.2) is 30.3 Å². The van der Waals surface area contributed by atoms with Crippen molar-refractivity contribution in [3.63, 3.8) is 0 Å². The average Bonchev–Trinajstić information content (AvgIpc) is 3.41. The number of ether oxygens (including phenoxy) is 1. The molecule has 0 atom stereocenters. The molecule has 1 saturated carbocycles. The highest BCUT2D eigenvalue weighted by Crippen LogP contribution is 2.38. The van der Waals surface area contributed by atoms with Gasteiger partial charge in [-0.15, -0.1) is 0 Å². The number of methoxy groups -OCH3 is 1. The van der Waals surface area contributed by atoms with Crippen molar-refractivity contribution in [2.75, 3.05) is 7.11 Å². The highest BCUT2D eigenvalue weighted by Gasteiger charge is 2.25. The predicted molar refractivity (Wildman–Crippen MR) is 91.1 cm³/mol. The maximum Gasteiger partial charge on any atom is 0.341 e. The first-order chi connectivity index (χ1) is 12.1. The van der Waals surface area contributed by atoms with Gasteiger partial charge in [0.15, 0.2) is 0 Å². The van der Waals surface area contributed by atoms with Crippen LogP contribution < -0.4 is 0 Å². The number of hydrogen-bond acceptors (Lipinski definition) is 4. The Morgan fingerprint density at radius 2 is 2.12 bits per heavy atom. The van der Waals surface area contributed by atoms with Crippen molar-refractivity contribution < 1.29 is 13.9 Å². The number of carbonyl (C=O) groups excluding carboxylic acids is 1. The number of nitrogens with zero attached hydrogens (tertiary/aromatic N) is 3. The minimum atomic E-state index is -0.695. The van der Waals surface area contributed by atoms with Crippen LogP contribution in [0.5, 0.6) is 0 Å². The minimum Gasteiger partial charge on any atom is -0.465 e. The average molecular weight is 339 g/mol. The maximum atomic E-state index is 14.2. The van der Waals surface area contributed by atoms with Gasteiger partial charge in [0, 0.05) is 17.0 Å². The largest absolute Gasteiger partial charge is 0.465 e. The SMILES string of the molecule is COC(=O)c1c(F)ccc2c1c(C)nn2Cc1cccc(C2CC2)n1. The van der Waals surface area contributed by atoms with Crippen LogP contribution in [0.3, 0.4) is 0 Å². The van der Waals surface area contributed by atoms with Gasteiger partial charge < -0.3 is 4.74 Å². The lowest BCUT2D eigenvalue weighted by Gasteiger charge is -2.07. The fraction of sp³-hybridized carbons (Fsp3) is 0.316. The van der Waals surface area contributed by atoms with Gasteiger partial charge in [0.2, 0.25) is 0 Å². The predicted octanol–water partition coefficient (Wildman–Crippen LogP) is 3.59. The second-order valence-electron chi connectivity index (χ2n) is 6.38. The highest BCUT2D eigenvalue weighted by molar-refractivity contribution is 6.05. The van der Waals surface area contributed by atoms with E-state index in [1.807, 2.05) is 12.1 Å². The summed E-state index contributed by atoms with van der Waals surface area (Å²) in [6.07, 6.45) is 2.39. The summed E-state index contributed by atoms with van der Waals surface area (Å²) in [5.74, 6) is -0.716. The molecule has 0 saturated heterocycles. The molecule has 0 bridgehead atoms. The zero-order valence-corrected chi connectivity index (χ0v) is 14.1. The van der Waals surface area contributed by atoms with E-state index in [9.17, 15) is 9.18 Å². The summed E-state index contributed by atoms with van der Waals surface area (Å²) < 4.78 is 20.7. The second kappa shape index (κ2) is 5.95. The van der Waals surface area contributed by atoms with E-state index >= 15 is 0 Å². The third kappa shape index (κ3) is 2.77. The molecule has 1 aliphatic rings. The lowest BCUT2D eigenvalue weighted by molar-refractivity contribution is 0.0598. The Kier molecular flexibility index (Phi) is 3.75. The van der Waals surface area contributed by atoms with Crippen LogP contribution in [0.25, 0.3) is 10.9 Å². The summed E-state index contributed by atoms with van der Waals surface area (Å²) >= 11 is 0. The molecule has 128 valence electrons. The first-order valence-corrected chi connectivity index (χ1v) is 8.28. The lowest BCUT2D eigenvalue weighted by Crippen LogP contribution is -2.07. The Morgan fingerprint density at radius 3 is 2.84 bits per heavy atom. The van der Waals surface area contributed by atoms with Crippen LogP contribution in [0.2, 0.25) is 0 Å². The summed E-state index contributed by atoms with van der Waals surface area (Å²) in [6.45, 7) is 2.23. The molecule has 1 aromatic carbocycles. The molecule has 2 aromatic heterocycles. The summed E-state index contributed by atoms with van der Waals surface area (Å²) in [5, 5.41) is 4.99. The van der Waals surface area contributed by atoms with Crippen molar-refractivity contribution in [2.45, 2.75) is 32.2 Å². The number of hydrogen-bond donors (Lipinski definition) is 0. The van der Waals surface area contributed by atoms with E-state index in [2.05, 4.69) is 11.2 Å². The molecule has 5 nitrogen and oxygen atoms in total. The quantitative estimate of drug-likeness (QED) is 0.682. The number of pyridine rings is 1. The molecule has 1 fully saturated rings. The molecule has 3 aromatic rings. The van der Waals surface area contributed by atoms with Gasteiger partial charge >= 0.3 is 5.97 Å². The molecular weight excluding hydrogens is 321 g/mol. The van der Waals surface area contributed by atoms with Crippen LogP contribution >= 0.6 is 0 Å². The number of aryl methyl sites for hydroxylation is 1. The topological polar surface area (TPSA) is 57.0 Å². The summed E-state index contributed by atoms with van der Waals surface area (Å²) in [4.78, 5) is 16.7. The minimum absolute atomic E-state index is 0.0663. The van der Waals surface area contributed by atoms with Gasteiger partial charge in [-0.1, -0.05) is 6.07 Å². The number of halogens is 1. The monoisotopic (exact) mass is 339 g/mol. The lowest BCUT2D eigenvalue weighted by atomic mass is 10.1. The van der Waals surface area contributed by atoms with E-state index < -0.39 is 11.8 Å². The molecular formula is C19H18FN3O2. The summed E-state index contributed by atoms with van der Waals surface area (Å²) in [6, 6.07) is 8.94. The Hall–Kier alpha value is -2.76. The van der Waals surface area contributed by atoms with Crippen molar-refractivity contribution in [3.05, 3.63) is 58.8 Å². The summed E-state index contributed by atoms with van der Waals surface area (Å²) in [5.41, 5.74) is 3.24. The van der Waals surface area contributed by atoms with Gasteiger partial charge in [-0.2, -0.15) is 5.10 Å². The van der Waals surface area contributed by atoms with Crippen LogP contribution in [0.1, 0.15) is 46.2 Å². The van der Waals surface area contributed by atoms with Crippen molar-refractivity contribution in [1.29, 1.82) is 0 Å². The van der Waals surface area contributed by atoms with Gasteiger partial charge in [-0.25, -0.2) is 9.18 Å². The fourth-order valence-electron chi connectivity index (χ4n) is 3.20. The Labute approximate surface area is 144 Å². The van der Waals surface area contributed by atoms with Gasteiger partial charge in [0.25, 0.3) is 0 Å². The molecule has 0 amide bonds. The highest BCUT2D eigenvalue weighted by atomic mass is 19.1. The molecule has 4 rings (SSSR count). The van der Waals surface area contributed by atoms with Crippen molar-refractivity contribution >= 4 is 16.9 Å². The van der Waals surface area contributed by atoms with E-state index in [1.54, 1.807) is 17.7 Å². The molecule has 2 heterocycles.